The van der Waals surface area contributed by atoms with Gasteiger partial charge in [0.25, 0.3) is 11.8 Å². The number of imide groups is 1. The van der Waals surface area contributed by atoms with Gasteiger partial charge in [-0.05, 0) is 48.1 Å². The second kappa shape index (κ2) is 7.78. The van der Waals surface area contributed by atoms with Crippen molar-refractivity contribution in [3.63, 3.8) is 0 Å². The Labute approximate surface area is 172 Å². The first-order chi connectivity index (χ1) is 13.6. The molecule has 1 aliphatic rings. The average Bonchev–Trinajstić information content (AvgIpc) is 3.30. The van der Waals surface area contributed by atoms with Gasteiger partial charge in [0.15, 0.2) is 0 Å². The molecule has 0 saturated heterocycles. The molecular formula is C23H19NO2S2. The first-order valence-electron chi connectivity index (χ1n) is 8.97. The normalized spacial score (nSPS) is 14.3. The van der Waals surface area contributed by atoms with E-state index in [2.05, 4.69) is 0 Å². The molecule has 2 amide bonds. The summed E-state index contributed by atoms with van der Waals surface area (Å²) in [4.78, 5) is 29.4. The summed E-state index contributed by atoms with van der Waals surface area (Å²) in [6.07, 6.45) is 0. The van der Waals surface area contributed by atoms with Gasteiger partial charge >= 0.3 is 0 Å². The van der Waals surface area contributed by atoms with Crippen LogP contribution in [0.25, 0.3) is 5.57 Å². The maximum absolute atomic E-state index is 13.3. The van der Waals surface area contributed by atoms with Gasteiger partial charge in [-0.15, -0.1) is 23.1 Å². The van der Waals surface area contributed by atoms with Crippen LogP contribution in [0.15, 0.2) is 70.9 Å². The van der Waals surface area contributed by atoms with Crippen LogP contribution in [-0.2, 0) is 15.3 Å². The average molecular weight is 406 g/mol. The highest BCUT2D eigenvalue weighted by Gasteiger charge is 2.41. The number of nitrogens with zero attached hydrogens (tertiary/aromatic N) is 1. The van der Waals surface area contributed by atoms with Crippen molar-refractivity contribution in [3.05, 3.63) is 92.5 Å². The number of thiophene rings is 1. The van der Waals surface area contributed by atoms with Crippen LogP contribution in [0.2, 0.25) is 0 Å². The summed E-state index contributed by atoms with van der Waals surface area (Å²) < 4.78 is 0. The lowest BCUT2D eigenvalue weighted by molar-refractivity contribution is -0.119. The highest BCUT2D eigenvalue weighted by molar-refractivity contribution is 8.03. The maximum Gasteiger partial charge on any atom is 0.272 e. The number of amides is 2. The molecule has 1 aliphatic heterocycles. The standard InChI is InChI=1S/C23H19NO2S2/c1-15-10-11-16(2)18(13-15)24-22(25)20(19-9-6-12-27-19)21(23(24)26)28-14-17-7-4-3-5-8-17/h3-13H,14H2,1-2H3. The Morgan fingerprint density at radius 3 is 2.43 bits per heavy atom. The van der Waals surface area contributed by atoms with Gasteiger partial charge < -0.3 is 0 Å². The number of thioether (sulfide) groups is 1. The van der Waals surface area contributed by atoms with Gasteiger partial charge in [0.05, 0.1) is 16.2 Å². The first kappa shape index (κ1) is 18.7. The SMILES string of the molecule is Cc1ccc(C)c(N2C(=O)C(SCc3ccccc3)=C(c3cccs3)C2=O)c1. The van der Waals surface area contributed by atoms with Crippen LogP contribution < -0.4 is 4.90 Å². The summed E-state index contributed by atoms with van der Waals surface area (Å²) in [5, 5.41) is 1.93. The van der Waals surface area contributed by atoms with E-state index in [1.807, 2.05) is 79.9 Å². The Hall–Kier alpha value is -2.63. The fraction of sp³-hybridized carbons (Fsp3) is 0.130. The maximum atomic E-state index is 13.3. The molecule has 4 rings (SSSR count). The predicted octanol–water partition coefficient (Wildman–Crippen LogP) is 5.58. The zero-order valence-electron chi connectivity index (χ0n) is 15.6. The minimum Gasteiger partial charge on any atom is -0.268 e. The van der Waals surface area contributed by atoms with E-state index in [0.29, 0.717) is 21.9 Å². The minimum atomic E-state index is -0.239. The Bertz CT molecular complexity index is 1070. The number of hydrogen-bond donors (Lipinski definition) is 0. The third-order valence-corrected chi connectivity index (χ3v) is 6.67. The summed E-state index contributed by atoms with van der Waals surface area (Å²) in [5.74, 6) is 0.171. The number of carbonyl (C=O) groups is 2. The highest BCUT2D eigenvalue weighted by Crippen LogP contribution is 2.41. The summed E-state index contributed by atoms with van der Waals surface area (Å²) in [6.45, 7) is 3.89. The van der Waals surface area contributed by atoms with Crippen molar-refractivity contribution >= 4 is 46.2 Å². The van der Waals surface area contributed by atoms with Crippen LogP contribution >= 0.6 is 23.1 Å². The molecule has 2 aromatic carbocycles. The number of benzene rings is 2. The molecule has 5 heteroatoms. The summed E-state index contributed by atoms with van der Waals surface area (Å²) in [7, 11) is 0. The van der Waals surface area contributed by atoms with E-state index >= 15 is 0 Å². The Morgan fingerprint density at radius 1 is 0.929 bits per heavy atom. The number of rotatable bonds is 5. The lowest BCUT2D eigenvalue weighted by atomic mass is 10.1. The van der Waals surface area contributed by atoms with E-state index < -0.39 is 0 Å². The molecule has 2 heterocycles. The highest BCUT2D eigenvalue weighted by atomic mass is 32.2. The third-order valence-electron chi connectivity index (χ3n) is 4.64. The van der Waals surface area contributed by atoms with Gasteiger partial charge in [-0.3, -0.25) is 9.59 Å². The van der Waals surface area contributed by atoms with Crippen LogP contribution in [0, 0.1) is 13.8 Å². The monoisotopic (exact) mass is 405 g/mol. The zero-order chi connectivity index (χ0) is 19.7. The van der Waals surface area contributed by atoms with Gasteiger partial charge in [0.2, 0.25) is 0 Å². The molecule has 0 atom stereocenters. The summed E-state index contributed by atoms with van der Waals surface area (Å²) in [6, 6.07) is 19.6. The van der Waals surface area contributed by atoms with Crippen LogP contribution in [-0.4, -0.2) is 11.8 Å². The molecular weight excluding hydrogens is 386 g/mol. The molecule has 0 radical (unpaired) electrons. The molecule has 0 saturated carbocycles. The Balaban J connectivity index is 1.74. The molecule has 0 spiro atoms. The van der Waals surface area contributed by atoms with E-state index in [1.54, 1.807) is 0 Å². The largest absolute Gasteiger partial charge is 0.272 e. The smallest absolute Gasteiger partial charge is 0.268 e. The quantitative estimate of drug-likeness (QED) is 0.520. The van der Waals surface area contributed by atoms with Crippen LogP contribution in [0.4, 0.5) is 5.69 Å². The summed E-state index contributed by atoms with van der Waals surface area (Å²) in [5.41, 5.74) is 4.23. The van der Waals surface area contributed by atoms with Crippen molar-refractivity contribution < 1.29 is 9.59 Å². The van der Waals surface area contributed by atoms with Gasteiger partial charge in [-0.25, -0.2) is 4.90 Å². The Kier molecular flexibility index (Phi) is 5.20. The van der Waals surface area contributed by atoms with Gasteiger partial charge in [0.1, 0.15) is 0 Å². The molecule has 0 N–H and O–H groups in total. The molecule has 0 unspecified atom stereocenters. The predicted molar refractivity (Wildman–Crippen MR) is 117 cm³/mol. The molecule has 28 heavy (non-hydrogen) atoms. The molecule has 0 bridgehead atoms. The van der Waals surface area contributed by atoms with Crippen molar-refractivity contribution in [3.8, 4) is 0 Å². The lowest BCUT2D eigenvalue weighted by Gasteiger charge is -2.18. The van der Waals surface area contributed by atoms with Crippen molar-refractivity contribution in [1.29, 1.82) is 0 Å². The Morgan fingerprint density at radius 2 is 1.71 bits per heavy atom. The van der Waals surface area contributed by atoms with Gasteiger partial charge in [-0.2, -0.15) is 0 Å². The third kappa shape index (κ3) is 3.43. The van der Waals surface area contributed by atoms with Crippen molar-refractivity contribution in [2.45, 2.75) is 19.6 Å². The molecule has 0 aliphatic carbocycles. The fourth-order valence-corrected chi connectivity index (χ4v) is 5.08. The minimum absolute atomic E-state index is 0.233. The first-order valence-corrected chi connectivity index (χ1v) is 10.8. The van der Waals surface area contributed by atoms with E-state index in [9.17, 15) is 9.59 Å². The van der Waals surface area contributed by atoms with E-state index in [0.717, 1.165) is 21.6 Å². The van der Waals surface area contributed by atoms with Crippen molar-refractivity contribution in [2.24, 2.45) is 0 Å². The molecule has 1 aromatic heterocycles. The van der Waals surface area contributed by atoms with E-state index in [4.69, 9.17) is 0 Å². The van der Waals surface area contributed by atoms with Crippen molar-refractivity contribution in [1.82, 2.24) is 0 Å². The second-order valence-electron chi connectivity index (χ2n) is 6.69. The van der Waals surface area contributed by atoms with E-state index in [-0.39, 0.29) is 11.8 Å². The number of hydrogen-bond acceptors (Lipinski definition) is 4. The fourth-order valence-electron chi connectivity index (χ4n) is 3.19. The molecule has 0 fully saturated rings. The van der Waals surface area contributed by atoms with Crippen LogP contribution in [0.5, 0.6) is 0 Å². The van der Waals surface area contributed by atoms with Crippen LogP contribution in [0.3, 0.4) is 0 Å². The van der Waals surface area contributed by atoms with Crippen LogP contribution in [0.1, 0.15) is 21.6 Å². The number of anilines is 1. The number of aryl methyl sites for hydroxylation is 2. The number of carbonyl (C=O) groups excluding carboxylic acids is 2. The molecule has 140 valence electrons. The van der Waals surface area contributed by atoms with Gasteiger partial charge in [-0.1, -0.05) is 48.5 Å². The second-order valence-corrected chi connectivity index (χ2v) is 8.62. The molecule has 3 nitrogen and oxygen atoms in total. The lowest BCUT2D eigenvalue weighted by Crippen LogP contribution is -2.32. The summed E-state index contributed by atoms with van der Waals surface area (Å²) >= 11 is 2.92. The van der Waals surface area contributed by atoms with Crippen molar-refractivity contribution in [2.75, 3.05) is 4.90 Å². The van der Waals surface area contributed by atoms with Gasteiger partial charge in [0, 0.05) is 10.6 Å². The van der Waals surface area contributed by atoms with E-state index in [1.165, 1.54) is 28.0 Å². The topological polar surface area (TPSA) is 37.4 Å². The zero-order valence-corrected chi connectivity index (χ0v) is 17.3. The molecule has 3 aromatic rings.